The summed E-state index contributed by atoms with van der Waals surface area (Å²) in [5, 5.41) is 2.33. The van der Waals surface area contributed by atoms with Crippen LogP contribution in [0.5, 0.6) is 5.75 Å². The average molecular weight is 332 g/mol. The number of hydrogen-bond donors (Lipinski definition) is 0. The van der Waals surface area contributed by atoms with Gasteiger partial charge in [-0.25, -0.2) is 0 Å². The molecule has 4 rings (SSSR count). The average Bonchev–Trinajstić information content (AvgIpc) is 2.68. The Morgan fingerprint density at radius 2 is 1.92 bits per heavy atom. The van der Waals surface area contributed by atoms with E-state index >= 15 is 0 Å². The van der Waals surface area contributed by atoms with E-state index in [1.165, 1.54) is 16.5 Å². The third-order valence-electron chi connectivity index (χ3n) is 4.40. The number of aryl methyl sites for hydroxylation is 1. The molecule has 126 valence electrons. The van der Waals surface area contributed by atoms with E-state index in [-0.39, 0.29) is 0 Å². The molecule has 0 saturated heterocycles. The smallest absolute Gasteiger partial charge is 0.132 e. The van der Waals surface area contributed by atoms with Crippen molar-refractivity contribution >= 4 is 16.3 Å². The number of nitrogens with zero attached hydrogens (tertiary/aromatic N) is 2. The van der Waals surface area contributed by atoms with Crippen LogP contribution in [0.25, 0.3) is 16.3 Å². The molecule has 3 aromatic rings. The van der Waals surface area contributed by atoms with Crippen molar-refractivity contribution in [3.8, 4) is 5.75 Å². The van der Waals surface area contributed by atoms with Gasteiger partial charge in [-0.1, -0.05) is 36.4 Å². The van der Waals surface area contributed by atoms with Crippen molar-refractivity contribution in [2.75, 3.05) is 13.2 Å². The van der Waals surface area contributed by atoms with Crippen LogP contribution in [0.3, 0.4) is 0 Å². The highest BCUT2D eigenvalue weighted by atomic mass is 16.5. The van der Waals surface area contributed by atoms with Crippen molar-refractivity contribution in [3.63, 3.8) is 0 Å². The number of benzene rings is 2. The van der Waals surface area contributed by atoms with Gasteiger partial charge >= 0.3 is 0 Å². The summed E-state index contributed by atoms with van der Waals surface area (Å²) < 4.78 is 11.5. The topological polar surface area (TPSA) is 44.2 Å². The van der Waals surface area contributed by atoms with Gasteiger partial charge in [-0.15, -0.1) is 0 Å². The maximum atomic E-state index is 6.04. The zero-order chi connectivity index (χ0) is 17.1. The lowest BCUT2D eigenvalue weighted by Gasteiger charge is -2.17. The summed E-state index contributed by atoms with van der Waals surface area (Å²) in [5.74, 6) is 0.870. The third kappa shape index (κ3) is 3.39. The maximum Gasteiger partial charge on any atom is 0.132 e. The van der Waals surface area contributed by atoms with E-state index in [0.29, 0.717) is 13.2 Å². The molecule has 0 saturated carbocycles. The van der Waals surface area contributed by atoms with Crippen molar-refractivity contribution in [2.24, 2.45) is 0 Å². The Balaban J connectivity index is 1.66. The molecule has 0 unspecified atom stereocenters. The largest absolute Gasteiger partial charge is 0.487 e. The summed E-state index contributed by atoms with van der Waals surface area (Å²) in [6.45, 7) is 3.81. The van der Waals surface area contributed by atoms with Crippen LogP contribution in [0.1, 0.15) is 23.4 Å². The minimum atomic E-state index is 0.410. The summed E-state index contributed by atoms with van der Waals surface area (Å²) in [4.78, 5) is 8.62. The first-order valence-electron chi connectivity index (χ1n) is 8.50. The van der Waals surface area contributed by atoms with Gasteiger partial charge in [0, 0.05) is 11.6 Å². The quantitative estimate of drug-likeness (QED) is 0.714. The van der Waals surface area contributed by atoms with Crippen LogP contribution in [-0.4, -0.2) is 23.2 Å². The van der Waals surface area contributed by atoms with Crippen LogP contribution in [0, 0.1) is 6.92 Å². The maximum absolute atomic E-state index is 6.04. The van der Waals surface area contributed by atoms with Crippen LogP contribution in [0.2, 0.25) is 0 Å². The fraction of sp³-hybridized carbons (Fsp3) is 0.238. The minimum Gasteiger partial charge on any atom is -0.487 e. The fourth-order valence-electron chi connectivity index (χ4n) is 3.09. The third-order valence-corrected chi connectivity index (χ3v) is 4.40. The Bertz CT molecular complexity index is 917. The molecule has 2 aromatic carbocycles. The standard InChI is InChI=1S/C21H20N2O2/c1-15-12-23-17(13-22-15)14-25-21-7-6-18(16-8-10-24-11-9-16)19-4-2-3-5-20(19)21/h2-8,12-13H,9-11,14H2,1H3. The Hall–Kier alpha value is -2.72. The molecule has 0 fully saturated rings. The molecule has 0 bridgehead atoms. The lowest BCUT2D eigenvalue weighted by atomic mass is 9.95. The van der Waals surface area contributed by atoms with Gasteiger partial charge in [0.2, 0.25) is 0 Å². The number of fused-ring (bicyclic) bond motifs is 1. The molecular weight excluding hydrogens is 312 g/mol. The fourth-order valence-corrected chi connectivity index (χ4v) is 3.09. The number of ether oxygens (including phenoxy) is 2. The molecule has 4 heteroatoms. The highest BCUT2D eigenvalue weighted by Gasteiger charge is 2.12. The first-order valence-corrected chi connectivity index (χ1v) is 8.50. The van der Waals surface area contributed by atoms with Crippen LogP contribution in [0.4, 0.5) is 0 Å². The molecule has 0 N–H and O–H groups in total. The predicted octanol–water partition coefficient (Wildman–Crippen LogP) is 4.32. The molecule has 25 heavy (non-hydrogen) atoms. The van der Waals surface area contributed by atoms with Gasteiger partial charge in [-0.05, 0) is 35.9 Å². The molecule has 4 nitrogen and oxygen atoms in total. The molecule has 0 radical (unpaired) electrons. The predicted molar refractivity (Wildman–Crippen MR) is 98.5 cm³/mol. The molecule has 1 aliphatic heterocycles. The second kappa shape index (κ2) is 7.03. The second-order valence-electron chi connectivity index (χ2n) is 6.15. The van der Waals surface area contributed by atoms with E-state index in [0.717, 1.165) is 35.6 Å². The van der Waals surface area contributed by atoms with Crippen molar-refractivity contribution in [1.29, 1.82) is 0 Å². The Kier molecular flexibility index (Phi) is 4.44. The minimum absolute atomic E-state index is 0.410. The SMILES string of the molecule is Cc1cnc(COc2ccc(C3=CCOCC3)c3ccccc23)cn1. The highest BCUT2D eigenvalue weighted by molar-refractivity contribution is 5.97. The molecule has 0 atom stereocenters. The summed E-state index contributed by atoms with van der Waals surface area (Å²) in [7, 11) is 0. The normalized spacial score (nSPS) is 14.4. The first-order chi connectivity index (χ1) is 12.3. The Morgan fingerprint density at radius 1 is 1.04 bits per heavy atom. The lowest BCUT2D eigenvalue weighted by Crippen LogP contribution is -2.04. The lowest BCUT2D eigenvalue weighted by molar-refractivity contribution is 0.161. The highest BCUT2D eigenvalue weighted by Crippen LogP contribution is 2.34. The van der Waals surface area contributed by atoms with Crippen molar-refractivity contribution in [2.45, 2.75) is 20.0 Å². The van der Waals surface area contributed by atoms with E-state index in [9.17, 15) is 0 Å². The van der Waals surface area contributed by atoms with E-state index in [1.807, 2.05) is 13.0 Å². The molecule has 1 aliphatic rings. The summed E-state index contributed by atoms with van der Waals surface area (Å²) in [5.41, 5.74) is 4.34. The van der Waals surface area contributed by atoms with Gasteiger partial charge in [0.25, 0.3) is 0 Å². The molecule has 2 heterocycles. The Labute approximate surface area is 147 Å². The van der Waals surface area contributed by atoms with Gasteiger partial charge in [-0.3, -0.25) is 9.97 Å². The monoisotopic (exact) mass is 332 g/mol. The van der Waals surface area contributed by atoms with Crippen molar-refractivity contribution in [1.82, 2.24) is 9.97 Å². The van der Waals surface area contributed by atoms with Crippen molar-refractivity contribution in [3.05, 3.63) is 71.8 Å². The zero-order valence-electron chi connectivity index (χ0n) is 14.2. The van der Waals surface area contributed by atoms with Gasteiger partial charge in [-0.2, -0.15) is 0 Å². The van der Waals surface area contributed by atoms with Gasteiger partial charge in [0.05, 0.1) is 30.8 Å². The van der Waals surface area contributed by atoms with Gasteiger partial charge in [0.15, 0.2) is 0 Å². The van der Waals surface area contributed by atoms with Crippen LogP contribution in [-0.2, 0) is 11.3 Å². The van der Waals surface area contributed by atoms with E-state index in [2.05, 4.69) is 46.4 Å². The number of hydrogen-bond acceptors (Lipinski definition) is 4. The van der Waals surface area contributed by atoms with E-state index in [4.69, 9.17) is 9.47 Å². The first kappa shape index (κ1) is 15.8. The summed E-state index contributed by atoms with van der Waals surface area (Å²) >= 11 is 0. The molecular formula is C21H20N2O2. The molecule has 1 aromatic heterocycles. The Morgan fingerprint density at radius 3 is 2.68 bits per heavy atom. The van der Waals surface area contributed by atoms with Crippen LogP contribution in [0.15, 0.2) is 54.9 Å². The number of aromatic nitrogens is 2. The van der Waals surface area contributed by atoms with Gasteiger partial charge < -0.3 is 9.47 Å². The van der Waals surface area contributed by atoms with Crippen LogP contribution < -0.4 is 4.74 Å². The number of rotatable bonds is 4. The molecule has 0 amide bonds. The van der Waals surface area contributed by atoms with Crippen molar-refractivity contribution < 1.29 is 9.47 Å². The van der Waals surface area contributed by atoms with E-state index < -0.39 is 0 Å². The zero-order valence-corrected chi connectivity index (χ0v) is 14.2. The second-order valence-corrected chi connectivity index (χ2v) is 6.15. The molecule has 0 spiro atoms. The summed E-state index contributed by atoms with van der Waals surface area (Å²) in [6, 6.07) is 12.6. The summed E-state index contributed by atoms with van der Waals surface area (Å²) in [6.07, 6.45) is 6.65. The molecule has 0 aliphatic carbocycles. The van der Waals surface area contributed by atoms with E-state index in [1.54, 1.807) is 12.4 Å². The van der Waals surface area contributed by atoms with Crippen LogP contribution >= 0.6 is 0 Å². The van der Waals surface area contributed by atoms with Gasteiger partial charge in [0.1, 0.15) is 12.4 Å².